The van der Waals surface area contributed by atoms with Crippen molar-refractivity contribution in [2.45, 2.75) is 26.2 Å². The zero-order valence-electron chi connectivity index (χ0n) is 17.3. The van der Waals surface area contributed by atoms with E-state index < -0.39 is 68.5 Å². The number of aromatic hydroxyl groups is 2. The van der Waals surface area contributed by atoms with Crippen molar-refractivity contribution in [3.05, 3.63) is 81.7 Å². The van der Waals surface area contributed by atoms with Crippen LogP contribution in [0.4, 0.5) is 24.5 Å². The summed E-state index contributed by atoms with van der Waals surface area (Å²) < 4.78 is 45.0. The number of rotatable bonds is 2. The van der Waals surface area contributed by atoms with E-state index in [1.807, 2.05) is 20.8 Å². The van der Waals surface area contributed by atoms with E-state index in [-0.39, 0.29) is 11.1 Å². The van der Waals surface area contributed by atoms with Crippen molar-refractivity contribution in [1.29, 1.82) is 0 Å². The molecule has 0 aliphatic heterocycles. The van der Waals surface area contributed by atoms with Crippen molar-refractivity contribution in [1.82, 2.24) is 0 Å². The minimum Gasteiger partial charge on any atom is -0.507 e. The number of hydrogen-bond donors (Lipinski definition) is 3. The summed E-state index contributed by atoms with van der Waals surface area (Å²) in [4.78, 5) is 25.6. The number of benzene rings is 3. The first kappa shape index (κ1) is 21.4. The number of halogens is 3. The van der Waals surface area contributed by atoms with Crippen LogP contribution >= 0.6 is 0 Å². The Morgan fingerprint density at radius 3 is 1.62 bits per heavy atom. The highest BCUT2D eigenvalue weighted by atomic mass is 19.2. The fraction of sp³-hybridized carbons (Fsp3) is 0.167. The molecule has 0 unspecified atom stereocenters. The molecule has 32 heavy (non-hydrogen) atoms. The molecule has 0 saturated carbocycles. The Labute approximate surface area is 181 Å². The van der Waals surface area contributed by atoms with Crippen LogP contribution in [0.15, 0.2) is 36.4 Å². The minimum atomic E-state index is -1.73. The van der Waals surface area contributed by atoms with Crippen molar-refractivity contribution >= 4 is 22.9 Å². The molecule has 1 aliphatic rings. The molecule has 1 aliphatic carbocycles. The number of anilines is 2. The van der Waals surface area contributed by atoms with Gasteiger partial charge in [-0.05, 0) is 35.2 Å². The van der Waals surface area contributed by atoms with Gasteiger partial charge >= 0.3 is 0 Å². The van der Waals surface area contributed by atoms with E-state index in [1.165, 1.54) is 0 Å². The average Bonchev–Trinajstić information content (AvgIpc) is 2.73. The third-order valence-corrected chi connectivity index (χ3v) is 5.41. The maximum atomic E-state index is 15.3. The van der Waals surface area contributed by atoms with Crippen molar-refractivity contribution in [3.63, 3.8) is 0 Å². The molecule has 5 nitrogen and oxygen atoms in total. The second-order valence-electron chi connectivity index (χ2n) is 8.53. The molecule has 3 N–H and O–H groups in total. The topological polar surface area (TPSA) is 86.6 Å². The number of phenols is 2. The molecule has 0 saturated heterocycles. The molecule has 0 bridgehead atoms. The van der Waals surface area contributed by atoms with E-state index in [4.69, 9.17) is 0 Å². The normalized spacial score (nSPS) is 13.1. The van der Waals surface area contributed by atoms with Gasteiger partial charge in [-0.25, -0.2) is 13.2 Å². The van der Waals surface area contributed by atoms with Crippen molar-refractivity contribution in [2.75, 3.05) is 5.32 Å². The summed E-state index contributed by atoms with van der Waals surface area (Å²) in [5.41, 5.74) is -3.47. The molecule has 164 valence electrons. The summed E-state index contributed by atoms with van der Waals surface area (Å²) in [6.07, 6.45) is 0. The smallest absolute Gasteiger partial charge is 0.201 e. The quantitative estimate of drug-likeness (QED) is 0.289. The molecule has 0 spiro atoms. The molecule has 3 aromatic carbocycles. The van der Waals surface area contributed by atoms with Crippen molar-refractivity contribution < 1.29 is 33.0 Å². The Morgan fingerprint density at radius 1 is 0.688 bits per heavy atom. The lowest BCUT2D eigenvalue weighted by atomic mass is 9.82. The molecular weight excluding hydrogens is 423 g/mol. The number of hydrogen-bond acceptors (Lipinski definition) is 5. The predicted molar refractivity (Wildman–Crippen MR) is 111 cm³/mol. The van der Waals surface area contributed by atoms with Gasteiger partial charge in [-0.2, -0.15) is 0 Å². The molecule has 0 heterocycles. The highest BCUT2D eigenvalue weighted by Crippen LogP contribution is 2.42. The number of phenolic OH excluding ortho intramolecular Hbond substituents is 2. The third kappa shape index (κ3) is 3.10. The fourth-order valence-corrected chi connectivity index (χ4v) is 3.68. The monoisotopic (exact) mass is 441 g/mol. The van der Waals surface area contributed by atoms with Gasteiger partial charge in [0.25, 0.3) is 0 Å². The van der Waals surface area contributed by atoms with Gasteiger partial charge in [0.2, 0.25) is 11.6 Å². The average molecular weight is 441 g/mol. The van der Waals surface area contributed by atoms with Crippen LogP contribution in [0.25, 0.3) is 0 Å². The van der Waals surface area contributed by atoms with Gasteiger partial charge in [0.15, 0.2) is 17.5 Å². The molecule has 8 heteroatoms. The van der Waals surface area contributed by atoms with Crippen LogP contribution in [0.5, 0.6) is 11.5 Å². The predicted octanol–water partition coefficient (Wildman–Crippen LogP) is 5.33. The summed E-state index contributed by atoms with van der Waals surface area (Å²) in [6, 6.07) is 8.42. The zero-order valence-corrected chi connectivity index (χ0v) is 17.3. The van der Waals surface area contributed by atoms with Crippen LogP contribution in [0.3, 0.4) is 0 Å². The van der Waals surface area contributed by atoms with Crippen LogP contribution in [-0.4, -0.2) is 21.8 Å². The van der Waals surface area contributed by atoms with Crippen molar-refractivity contribution in [3.8, 4) is 11.5 Å². The summed E-state index contributed by atoms with van der Waals surface area (Å²) in [7, 11) is 0. The van der Waals surface area contributed by atoms with Gasteiger partial charge in [0.1, 0.15) is 17.2 Å². The lowest BCUT2D eigenvalue weighted by molar-refractivity contribution is 0.0966. The Balaban J connectivity index is 1.87. The van der Waals surface area contributed by atoms with E-state index in [0.717, 1.165) is 17.7 Å². The van der Waals surface area contributed by atoms with E-state index in [9.17, 15) is 28.6 Å². The summed E-state index contributed by atoms with van der Waals surface area (Å²) in [6.45, 7) is 5.96. The Hall–Kier alpha value is -3.81. The maximum Gasteiger partial charge on any atom is 0.201 e. The number of carbonyl (C=O) groups excluding carboxylic acids is 2. The molecule has 0 atom stereocenters. The number of carbonyl (C=O) groups is 2. The lowest BCUT2D eigenvalue weighted by Crippen LogP contribution is -2.26. The Bertz CT molecular complexity index is 1310. The third-order valence-electron chi connectivity index (χ3n) is 5.41. The molecule has 0 fully saturated rings. The second-order valence-corrected chi connectivity index (χ2v) is 8.53. The van der Waals surface area contributed by atoms with Crippen LogP contribution in [0.2, 0.25) is 0 Å². The van der Waals surface area contributed by atoms with Gasteiger partial charge < -0.3 is 15.5 Å². The standard InChI is InChI=1S/C24H18F3NO4/c1-24(2,3)10-4-6-11(7-5-10)28-21-19(26)17-16(18(25)20(21)27)22(31)14-12(29)8-9-13(30)15(14)23(17)32/h4-9,28-30H,1-3H3. The number of nitrogens with one attached hydrogen (secondary N) is 1. The Kier molecular flexibility index (Phi) is 4.76. The van der Waals surface area contributed by atoms with Crippen LogP contribution < -0.4 is 5.32 Å². The summed E-state index contributed by atoms with van der Waals surface area (Å²) >= 11 is 0. The minimum absolute atomic E-state index is 0.166. The second kappa shape index (κ2) is 7.12. The molecule has 0 amide bonds. The van der Waals surface area contributed by atoms with Crippen LogP contribution in [-0.2, 0) is 5.41 Å². The Morgan fingerprint density at radius 2 is 1.16 bits per heavy atom. The van der Waals surface area contributed by atoms with Crippen LogP contribution in [0.1, 0.15) is 58.2 Å². The fourth-order valence-electron chi connectivity index (χ4n) is 3.68. The number of fused-ring (bicyclic) bond motifs is 2. The van der Waals surface area contributed by atoms with E-state index in [1.54, 1.807) is 24.3 Å². The zero-order chi connectivity index (χ0) is 23.5. The van der Waals surface area contributed by atoms with Gasteiger partial charge in [-0.15, -0.1) is 0 Å². The first-order chi connectivity index (χ1) is 14.9. The first-order valence-corrected chi connectivity index (χ1v) is 9.65. The van der Waals surface area contributed by atoms with Gasteiger partial charge in [-0.1, -0.05) is 32.9 Å². The van der Waals surface area contributed by atoms with Crippen LogP contribution in [0, 0.1) is 17.5 Å². The number of ketones is 2. The van der Waals surface area contributed by atoms with Gasteiger partial charge in [0.05, 0.1) is 22.3 Å². The summed E-state index contributed by atoms with van der Waals surface area (Å²) in [5.74, 6) is -8.87. The molecular formula is C24H18F3NO4. The van der Waals surface area contributed by atoms with E-state index in [2.05, 4.69) is 5.32 Å². The summed E-state index contributed by atoms with van der Waals surface area (Å²) in [5, 5.41) is 22.4. The van der Waals surface area contributed by atoms with E-state index >= 15 is 4.39 Å². The SMILES string of the molecule is CC(C)(C)c1ccc(Nc2c(F)c(F)c3c(c2F)C(=O)c2c(O)ccc(O)c2C3=O)cc1. The largest absolute Gasteiger partial charge is 0.507 e. The molecule has 3 aromatic rings. The molecule has 0 radical (unpaired) electrons. The first-order valence-electron chi connectivity index (χ1n) is 9.65. The molecule has 4 rings (SSSR count). The highest BCUT2D eigenvalue weighted by molar-refractivity contribution is 6.30. The van der Waals surface area contributed by atoms with Gasteiger partial charge in [0, 0.05) is 5.69 Å². The van der Waals surface area contributed by atoms with E-state index in [0.29, 0.717) is 0 Å². The van der Waals surface area contributed by atoms with Crippen molar-refractivity contribution in [2.24, 2.45) is 0 Å². The lowest BCUT2D eigenvalue weighted by Gasteiger charge is -2.22. The molecule has 0 aromatic heterocycles. The van der Waals surface area contributed by atoms with Gasteiger partial charge in [-0.3, -0.25) is 9.59 Å². The highest BCUT2D eigenvalue weighted by Gasteiger charge is 2.41. The maximum absolute atomic E-state index is 15.3.